The number of nitrogens with two attached hydrogens (primary N) is 1. The molecule has 0 radical (unpaired) electrons. The maximum Gasteiger partial charge on any atom is 0.240 e. The highest BCUT2D eigenvalue weighted by molar-refractivity contribution is 7.89. The number of rotatable bonds is 4. The van der Waals surface area contributed by atoms with Gasteiger partial charge in [-0.2, -0.15) is 0 Å². The number of sulfonamides is 1. The lowest BCUT2D eigenvalue weighted by Crippen LogP contribution is -2.39. The third-order valence-corrected chi connectivity index (χ3v) is 5.26. The molecular formula is C12H17ClN2O2S. The molecule has 0 aliphatic heterocycles. The summed E-state index contributed by atoms with van der Waals surface area (Å²) in [6, 6.07) is 4.34. The Morgan fingerprint density at radius 1 is 1.44 bits per heavy atom. The van der Waals surface area contributed by atoms with Crippen molar-refractivity contribution in [2.75, 3.05) is 12.3 Å². The molecule has 0 bridgehead atoms. The van der Waals surface area contributed by atoms with Gasteiger partial charge in [0.25, 0.3) is 0 Å². The summed E-state index contributed by atoms with van der Waals surface area (Å²) in [7, 11) is -3.50. The minimum atomic E-state index is -3.50. The van der Waals surface area contributed by atoms with Crippen LogP contribution in [-0.4, -0.2) is 15.0 Å². The Morgan fingerprint density at radius 2 is 2.11 bits per heavy atom. The molecule has 1 aromatic rings. The molecule has 1 fully saturated rings. The van der Waals surface area contributed by atoms with Crippen LogP contribution in [0.25, 0.3) is 0 Å². The van der Waals surface area contributed by atoms with Crippen molar-refractivity contribution in [1.29, 1.82) is 0 Å². The molecule has 1 aromatic carbocycles. The molecule has 0 heterocycles. The quantitative estimate of drug-likeness (QED) is 0.836. The first kappa shape index (κ1) is 13.6. The smallest absolute Gasteiger partial charge is 0.240 e. The van der Waals surface area contributed by atoms with Gasteiger partial charge in [-0.25, -0.2) is 13.1 Å². The monoisotopic (exact) mass is 288 g/mol. The van der Waals surface area contributed by atoms with Gasteiger partial charge in [0.15, 0.2) is 0 Å². The van der Waals surface area contributed by atoms with Gasteiger partial charge in [0.2, 0.25) is 10.0 Å². The van der Waals surface area contributed by atoms with Crippen LogP contribution >= 0.6 is 11.6 Å². The molecule has 1 aliphatic rings. The van der Waals surface area contributed by atoms with E-state index in [1.807, 2.05) is 0 Å². The van der Waals surface area contributed by atoms with Crippen LogP contribution in [-0.2, 0) is 10.0 Å². The second kappa shape index (κ2) is 4.72. The summed E-state index contributed by atoms with van der Waals surface area (Å²) in [6.45, 7) is 2.56. The number of hydrogen-bond acceptors (Lipinski definition) is 3. The lowest BCUT2D eigenvalue weighted by atomic mass is 9.71. The molecule has 2 rings (SSSR count). The summed E-state index contributed by atoms with van der Waals surface area (Å²) in [5.41, 5.74) is 6.04. The lowest BCUT2D eigenvalue weighted by molar-refractivity contribution is 0.166. The molecule has 3 N–H and O–H groups in total. The van der Waals surface area contributed by atoms with E-state index in [0.29, 0.717) is 12.2 Å². The number of nitrogen functional groups attached to an aromatic ring is 1. The predicted octanol–water partition coefficient (Wildman–Crippen LogP) is 2.39. The van der Waals surface area contributed by atoms with Crippen LogP contribution in [0, 0.1) is 5.41 Å². The van der Waals surface area contributed by atoms with E-state index >= 15 is 0 Å². The minimum absolute atomic E-state index is 0.102. The van der Waals surface area contributed by atoms with Gasteiger partial charge in [-0.15, -0.1) is 0 Å². The molecule has 6 heteroatoms. The minimum Gasteiger partial charge on any atom is -0.398 e. The van der Waals surface area contributed by atoms with Gasteiger partial charge < -0.3 is 5.73 Å². The van der Waals surface area contributed by atoms with Gasteiger partial charge in [0.05, 0.1) is 15.6 Å². The SMILES string of the molecule is CC1(CNS(=O)(=O)c2ccc(N)c(Cl)c2)CCC1. The zero-order valence-corrected chi connectivity index (χ0v) is 11.8. The predicted molar refractivity (Wildman–Crippen MR) is 73.0 cm³/mol. The fourth-order valence-corrected chi connectivity index (χ4v) is 3.46. The fourth-order valence-electron chi connectivity index (χ4n) is 1.98. The molecule has 0 unspecified atom stereocenters. The maximum absolute atomic E-state index is 12.1. The van der Waals surface area contributed by atoms with Crippen LogP contribution < -0.4 is 10.5 Å². The van der Waals surface area contributed by atoms with E-state index in [1.54, 1.807) is 0 Å². The molecule has 0 amide bonds. The normalized spacial score (nSPS) is 18.3. The van der Waals surface area contributed by atoms with E-state index < -0.39 is 10.0 Å². The second-order valence-electron chi connectivity index (χ2n) is 5.17. The Labute approximate surface area is 113 Å². The molecule has 0 saturated heterocycles. The topological polar surface area (TPSA) is 72.2 Å². The first-order valence-corrected chi connectivity index (χ1v) is 7.73. The molecular weight excluding hydrogens is 272 g/mol. The van der Waals surface area contributed by atoms with Crippen LogP contribution in [0.5, 0.6) is 0 Å². The van der Waals surface area contributed by atoms with E-state index in [-0.39, 0.29) is 15.3 Å². The van der Waals surface area contributed by atoms with Crippen LogP contribution in [0.4, 0.5) is 5.69 Å². The molecule has 4 nitrogen and oxygen atoms in total. The summed E-state index contributed by atoms with van der Waals surface area (Å²) >= 11 is 5.83. The summed E-state index contributed by atoms with van der Waals surface area (Å²) in [5.74, 6) is 0. The summed E-state index contributed by atoms with van der Waals surface area (Å²) in [6.07, 6.45) is 3.31. The highest BCUT2D eigenvalue weighted by atomic mass is 35.5. The van der Waals surface area contributed by atoms with E-state index in [0.717, 1.165) is 12.8 Å². The van der Waals surface area contributed by atoms with Crippen LogP contribution in [0.15, 0.2) is 23.1 Å². The highest BCUT2D eigenvalue weighted by Gasteiger charge is 2.33. The third kappa shape index (κ3) is 2.79. The first-order chi connectivity index (χ1) is 8.32. The van der Waals surface area contributed by atoms with Crippen molar-refractivity contribution < 1.29 is 8.42 Å². The molecule has 18 heavy (non-hydrogen) atoms. The van der Waals surface area contributed by atoms with Crippen molar-refractivity contribution in [2.45, 2.75) is 31.1 Å². The molecule has 0 aromatic heterocycles. The van der Waals surface area contributed by atoms with E-state index in [1.165, 1.54) is 24.6 Å². The lowest BCUT2D eigenvalue weighted by Gasteiger charge is -2.38. The number of hydrogen-bond donors (Lipinski definition) is 2. The Morgan fingerprint density at radius 3 is 2.61 bits per heavy atom. The first-order valence-electron chi connectivity index (χ1n) is 5.87. The van der Waals surface area contributed by atoms with E-state index in [9.17, 15) is 8.42 Å². The van der Waals surface area contributed by atoms with Crippen molar-refractivity contribution in [1.82, 2.24) is 4.72 Å². The largest absolute Gasteiger partial charge is 0.398 e. The van der Waals surface area contributed by atoms with Gasteiger partial charge in [0.1, 0.15) is 0 Å². The second-order valence-corrected chi connectivity index (χ2v) is 7.35. The summed E-state index contributed by atoms with van der Waals surface area (Å²) in [4.78, 5) is 0.157. The summed E-state index contributed by atoms with van der Waals surface area (Å²) in [5, 5.41) is 0.257. The average Bonchev–Trinajstić information content (AvgIpc) is 2.27. The van der Waals surface area contributed by atoms with Crippen molar-refractivity contribution in [3.8, 4) is 0 Å². The Bertz CT molecular complexity index is 553. The standard InChI is InChI=1S/C12H17ClN2O2S/c1-12(5-2-6-12)8-15-18(16,17)9-3-4-11(14)10(13)7-9/h3-4,7,15H,2,5-6,8,14H2,1H3. The Hall–Kier alpha value is -0.780. The highest BCUT2D eigenvalue weighted by Crippen LogP contribution is 2.39. The third-order valence-electron chi connectivity index (χ3n) is 3.53. The van der Waals surface area contributed by atoms with Crippen molar-refractivity contribution >= 4 is 27.3 Å². The van der Waals surface area contributed by atoms with Crippen LogP contribution in [0.2, 0.25) is 5.02 Å². The van der Waals surface area contributed by atoms with Gasteiger partial charge in [0, 0.05) is 6.54 Å². The van der Waals surface area contributed by atoms with E-state index in [4.69, 9.17) is 17.3 Å². The average molecular weight is 289 g/mol. The van der Waals surface area contributed by atoms with Crippen LogP contribution in [0.3, 0.4) is 0 Å². The number of anilines is 1. The Kier molecular flexibility index (Phi) is 3.58. The van der Waals surface area contributed by atoms with Crippen molar-refractivity contribution in [3.63, 3.8) is 0 Å². The van der Waals surface area contributed by atoms with Gasteiger partial charge >= 0.3 is 0 Å². The van der Waals surface area contributed by atoms with Gasteiger partial charge in [-0.3, -0.25) is 0 Å². The molecule has 0 atom stereocenters. The molecule has 100 valence electrons. The number of nitrogens with one attached hydrogen (secondary N) is 1. The zero-order chi connectivity index (χ0) is 13.4. The fraction of sp³-hybridized carbons (Fsp3) is 0.500. The Balaban J connectivity index is 2.12. The molecule has 0 spiro atoms. The maximum atomic E-state index is 12.1. The van der Waals surface area contributed by atoms with E-state index in [2.05, 4.69) is 11.6 Å². The number of benzene rings is 1. The van der Waals surface area contributed by atoms with Gasteiger partial charge in [-0.05, 0) is 36.5 Å². The van der Waals surface area contributed by atoms with Crippen molar-refractivity contribution in [3.05, 3.63) is 23.2 Å². The number of halogens is 1. The zero-order valence-electron chi connectivity index (χ0n) is 10.2. The summed E-state index contributed by atoms with van der Waals surface area (Å²) < 4.78 is 26.8. The molecule has 1 saturated carbocycles. The van der Waals surface area contributed by atoms with Gasteiger partial charge in [-0.1, -0.05) is 24.9 Å². The molecule has 1 aliphatic carbocycles. The van der Waals surface area contributed by atoms with Crippen LogP contribution in [0.1, 0.15) is 26.2 Å². The van der Waals surface area contributed by atoms with Crippen molar-refractivity contribution in [2.24, 2.45) is 5.41 Å².